The minimum absolute atomic E-state index is 0.0300. The minimum atomic E-state index is -0.191. The van der Waals surface area contributed by atoms with Gasteiger partial charge in [-0.2, -0.15) is 0 Å². The number of allylic oxidation sites excluding steroid dienone is 19. The van der Waals surface area contributed by atoms with E-state index in [0.717, 1.165) is 54.9 Å². The van der Waals surface area contributed by atoms with Crippen LogP contribution in [0.25, 0.3) is 11.1 Å². The second kappa shape index (κ2) is 17.3. The molecule has 320 valence electrons. The number of aliphatic imine (C=N–C) groups is 1. The zero-order chi connectivity index (χ0) is 42.4. The van der Waals surface area contributed by atoms with Gasteiger partial charge in [0.15, 0.2) is 11.6 Å². The van der Waals surface area contributed by atoms with Crippen LogP contribution >= 0.6 is 0 Å². The first-order valence-electron chi connectivity index (χ1n) is 24.2. The van der Waals surface area contributed by atoms with E-state index >= 15 is 0 Å². The van der Waals surface area contributed by atoms with Crippen LogP contribution in [0.5, 0.6) is 0 Å². The molecule has 7 aliphatic carbocycles. The summed E-state index contributed by atoms with van der Waals surface area (Å²) < 4.78 is 7.36. The lowest BCUT2D eigenvalue weighted by Crippen LogP contribution is -2.44. The topological polar surface area (TPSA) is 63.5 Å². The lowest BCUT2D eigenvalue weighted by molar-refractivity contribution is 0.0602. The molecule has 0 aromatic carbocycles. The monoisotopic (exact) mass is 831 g/mol. The number of hydrogen-bond donors (Lipinski definition) is 0. The van der Waals surface area contributed by atoms with Crippen LogP contribution in [0.1, 0.15) is 115 Å². The van der Waals surface area contributed by atoms with Gasteiger partial charge in [0.1, 0.15) is 5.82 Å². The van der Waals surface area contributed by atoms with Crippen molar-refractivity contribution in [1.82, 2.24) is 19.9 Å². The quantitative estimate of drug-likeness (QED) is 0.148. The zero-order valence-electron chi connectivity index (χ0n) is 37.2. The minimum Gasteiger partial charge on any atom is -0.366 e. The predicted octanol–water partition coefficient (Wildman–Crippen LogP) is 12.1. The van der Waals surface area contributed by atoms with Crippen LogP contribution in [0.15, 0.2) is 159 Å². The smallest absolute Gasteiger partial charge is 0.163 e. The predicted molar refractivity (Wildman–Crippen MR) is 255 cm³/mol. The van der Waals surface area contributed by atoms with Crippen molar-refractivity contribution in [2.45, 2.75) is 128 Å². The van der Waals surface area contributed by atoms with Gasteiger partial charge >= 0.3 is 0 Å². The van der Waals surface area contributed by atoms with E-state index in [0.29, 0.717) is 41.5 Å². The Morgan fingerprint density at radius 2 is 1.86 bits per heavy atom. The summed E-state index contributed by atoms with van der Waals surface area (Å²) in [5, 5.41) is 0. The third-order valence-electron chi connectivity index (χ3n) is 15.5. The van der Waals surface area contributed by atoms with Gasteiger partial charge in [0.05, 0.1) is 41.9 Å². The second-order valence-electron chi connectivity index (χ2n) is 19.3. The molecule has 6 nitrogen and oxygen atoms in total. The van der Waals surface area contributed by atoms with Gasteiger partial charge in [0.2, 0.25) is 0 Å². The van der Waals surface area contributed by atoms with Crippen LogP contribution in [0, 0.1) is 29.6 Å². The summed E-state index contributed by atoms with van der Waals surface area (Å²) in [6, 6.07) is 0.395. The summed E-state index contributed by atoms with van der Waals surface area (Å²) in [6.45, 7) is 6.39. The van der Waals surface area contributed by atoms with Crippen LogP contribution in [0.2, 0.25) is 0 Å². The van der Waals surface area contributed by atoms with E-state index in [2.05, 4.69) is 147 Å². The first-order chi connectivity index (χ1) is 31.1. The summed E-state index contributed by atoms with van der Waals surface area (Å²) in [6.07, 6.45) is 56.2. The van der Waals surface area contributed by atoms with Crippen LogP contribution in [0.3, 0.4) is 0 Å². The SMILES string of the molecule is C/C=C\C(=C/C)c1nc(C2=CCC(C)C=C2)nc(C2C=C(C3=CC(C4=CCCCC4)CCC3)C=NC2C2=CCCC3C2OC2C=CC4C(C5=C=C=CC=C5N4C4C=CC=CC4)C23)n1. The fourth-order valence-electron chi connectivity index (χ4n) is 12.5. The third-order valence-corrected chi connectivity index (χ3v) is 15.5. The Labute approximate surface area is 374 Å². The van der Waals surface area contributed by atoms with E-state index in [1.165, 1.54) is 66.5 Å². The number of nitrogens with zero attached hydrogens (tertiary/aromatic N) is 5. The summed E-state index contributed by atoms with van der Waals surface area (Å²) in [4.78, 5) is 24.3. The van der Waals surface area contributed by atoms with Gasteiger partial charge in [0.25, 0.3) is 0 Å². The summed E-state index contributed by atoms with van der Waals surface area (Å²) in [5.74, 6) is 4.05. The highest BCUT2D eigenvalue weighted by Crippen LogP contribution is 2.57. The number of fused-ring (bicyclic) bond motifs is 7. The molecule has 10 aliphatic rings. The lowest BCUT2D eigenvalue weighted by Gasteiger charge is -2.40. The number of rotatable bonds is 8. The lowest BCUT2D eigenvalue weighted by atomic mass is 9.66. The van der Waals surface area contributed by atoms with Crippen molar-refractivity contribution < 1.29 is 4.74 Å². The Morgan fingerprint density at radius 1 is 0.905 bits per heavy atom. The number of likely N-dealkylation sites (tertiary alicyclic amines) is 1. The maximum absolute atomic E-state index is 7.36. The highest BCUT2D eigenvalue weighted by molar-refractivity contribution is 5.86. The zero-order valence-corrected chi connectivity index (χ0v) is 37.2. The van der Waals surface area contributed by atoms with E-state index < -0.39 is 0 Å². The van der Waals surface area contributed by atoms with Crippen molar-refractivity contribution in [3.8, 4) is 0 Å². The van der Waals surface area contributed by atoms with Gasteiger partial charge in [-0.3, -0.25) is 4.99 Å². The van der Waals surface area contributed by atoms with Crippen LogP contribution in [0.4, 0.5) is 0 Å². The largest absolute Gasteiger partial charge is 0.366 e. The molecule has 0 spiro atoms. The molecule has 2 saturated heterocycles. The molecule has 0 radical (unpaired) electrons. The van der Waals surface area contributed by atoms with E-state index in [1.54, 1.807) is 5.57 Å². The van der Waals surface area contributed by atoms with E-state index in [9.17, 15) is 0 Å². The van der Waals surface area contributed by atoms with Gasteiger partial charge in [-0.25, -0.2) is 15.0 Å². The maximum atomic E-state index is 7.36. The van der Waals surface area contributed by atoms with Gasteiger partial charge in [-0.15, -0.1) is 0 Å². The molecule has 1 aromatic heterocycles. The number of hydrogen-bond acceptors (Lipinski definition) is 6. The molecule has 11 rings (SSSR count). The van der Waals surface area contributed by atoms with E-state index in [4.69, 9.17) is 24.7 Å². The van der Waals surface area contributed by atoms with Crippen molar-refractivity contribution in [3.63, 3.8) is 0 Å². The molecular formula is C57H61N5O. The van der Waals surface area contributed by atoms with Crippen LogP contribution < -0.4 is 0 Å². The Bertz CT molecular complexity index is 2570. The molecule has 0 saturated carbocycles. The molecule has 1 aromatic rings. The standard InChI is InChI=1S/C57H61N5O/c1-4-16-37(5-2)55-59-56(39-29-27-36(3)28-30-39)61-57(60-55)47-34-42(41-20-14-19-40(33-41)38-17-8-6-9-18-38)35-58-53(47)46-25-15-24-45-52-50(63-54(45)46)32-31-49-51(52)44-23-12-13-26-48(44)62(49)43-21-10-7-11-22-43/h4-5,7,10-11,13,16-17,21,25-27,29-36,40,43,45,47,49-54H,6,8-9,14-15,18-20,22,24,28H2,1-3H3/b16-4-,37-5+. The Hall–Kier alpha value is -5.38. The number of dihydropyridines is 1. The molecule has 11 atom stereocenters. The molecule has 2 fully saturated rings. The Balaban J connectivity index is 0.988. The average molecular weight is 832 g/mol. The van der Waals surface area contributed by atoms with Crippen molar-refractivity contribution in [1.29, 1.82) is 0 Å². The second-order valence-corrected chi connectivity index (χ2v) is 19.3. The molecular weight excluding hydrogens is 771 g/mol. The fraction of sp³-hybridized carbons (Fsp3) is 0.439. The first kappa shape index (κ1) is 40.4. The molecule has 4 heterocycles. The molecule has 0 N–H and O–H groups in total. The highest BCUT2D eigenvalue weighted by Gasteiger charge is 2.58. The maximum Gasteiger partial charge on any atom is 0.163 e. The van der Waals surface area contributed by atoms with Crippen molar-refractivity contribution in [2.75, 3.05) is 0 Å². The number of aromatic nitrogens is 3. The molecule has 3 aliphatic heterocycles. The molecule has 63 heavy (non-hydrogen) atoms. The molecule has 0 bridgehead atoms. The highest BCUT2D eigenvalue weighted by atomic mass is 16.5. The normalized spacial score (nSPS) is 35.3. The van der Waals surface area contributed by atoms with Gasteiger partial charge in [0, 0.05) is 34.8 Å². The van der Waals surface area contributed by atoms with Gasteiger partial charge in [-0.05, 0) is 131 Å². The van der Waals surface area contributed by atoms with Crippen molar-refractivity contribution in [2.24, 2.45) is 34.6 Å². The van der Waals surface area contributed by atoms with Crippen LogP contribution in [-0.2, 0) is 4.74 Å². The average Bonchev–Trinajstić information content (AvgIpc) is 3.90. The summed E-state index contributed by atoms with van der Waals surface area (Å²) >= 11 is 0. The third kappa shape index (κ3) is 7.45. The number of ether oxygens (including phenoxy) is 1. The van der Waals surface area contributed by atoms with E-state index in [1.807, 2.05) is 6.08 Å². The summed E-state index contributed by atoms with van der Waals surface area (Å²) in [5.41, 5.74) is 17.3. The molecule has 0 amide bonds. The Morgan fingerprint density at radius 3 is 2.68 bits per heavy atom. The van der Waals surface area contributed by atoms with Crippen molar-refractivity contribution >= 4 is 17.4 Å². The van der Waals surface area contributed by atoms with Gasteiger partial charge in [-0.1, -0.05) is 121 Å². The van der Waals surface area contributed by atoms with E-state index in [-0.39, 0.29) is 30.2 Å². The molecule has 11 unspecified atom stereocenters. The first-order valence-corrected chi connectivity index (χ1v) is 24.2. The Kier molecular flexibility index (Phi) is 11.1. The summed E-state index contributed by atoms with van der Waals surface area (Å²) in [7, 11) is 0. The fourth-order valence-corrected chi connectivity index (χ4v) is 12.5. The molecule has 6 heteroatoms. The van der Waals surface area contributed by atoms with Crippen LogP contribution in [-0.4, -0.2) is 56.4 Å². The van der Waals surface area contributed by atoms with Gasteiger partial charge < -0.3 is 9.64 Å². The van der Waals surface area contributed by atoms with Crippen molar-refractivity contribution in [3.05, 3.63) is 172 Å².